The van der Waals surface area contributed by atoms with Crippen LogP contribution < -0.4 is 10.9 Å². The highest BCUT2D eigenvalue weighted by molar-refractivity contribution is 6.03. The van der Waals surface area contributed by atoms with Gasteiger partial charge < -0.3 is 15.0 Å². The van der Waals surface area contributed by atoms with Crippen molar-refractivity contribution in [2.24, 2.45) is 5.92 Å². The number of anilines is 1. The van der Waals surface area contributed by atoms with Crippen molar-refractivity contribution in [3.63, 3.8) is 0 Å². The zero-order valence-corrected chi connectivity index (χ0v) is 17.5. The monoisotopic (exact) mass is 450 g/mol. The fraction of sp³-hybridized carbons (Fsp3) is 0.304. The average Bonchev–Trinajstić information content (AvgIpc) is 2.71. The number of hydrogen-bond acceptors (Lipinski definition) is 3. The van der Waals surface area contributed by atoms with Crippen LogP contribution in [0.3, 0.4) is 0 Å². The van der Waals surface area contributed by atoms with Crippen molar-refractivity contribution in [2.75, 3.05) is 11.9 Å². The Bertz CT molecular complexity index is 1220. The first kappa shape index (κ1) is 23.5. The fourth-order valence-electron chi connectivity index (χ4n) is 3.45. The van der Waals surface area contributed by atoms with E-state index in [1.807, 2.05) is 6.92 Å². The van der Waals surface area contributed by atoms with E-state index in [4.69, 9.17) is 0 Å². The maximum Gasteiger partial charge on any atom is 0.419 e. The number of amides is 1. The van der Waals surface area contributed by atoms with Gasteiger partial charge in [0.05, 0.1) is 17.7 Å². The number of carbonyl (C=O) groups excluding carboxylic acids is 1. The van der Waals surface area contributed by atoms with Crippen molar-refractivity contribution in [1.29, 1.82) is 0 Å². The molecule has 0 aliphatic carbocycles. The molecule has 5 nitrogen and oxygen atoms in total. The largest absolute Gasteiger partial charge is 0.419 e. The van der Waals surface area contributed by atoms with Crippen LogP contribution in [0, 0.1) is 18.7 Å². The second kappa shape index (κ2) is 9.12. The van der Waals surface area contributed by atoms with Gasteiger partial charge in [-0.15, -0.1) is 0 Å². The number of aliphatic hydroxyl groups excluding tert-OH is 1. The topological polar surface area (TPSA) is 71.3 Å². The summed E-state index contributed by atoms with van der Waals surface area (Å²) < 4.78 is 53.4. The first-order chi connectivity index (χ1) is 15.0. The number of halogens is 4. The van der Waals surface area contributed by atoms with Gasteiger partial charge >= 0.3 is 6.18 Å². The molecule has 1 amide bonds. The number of carbonyl (C=O) groups is 1. The highest BCUT2D eigenvalue weighted by Gasteiger charge is 2.34. The molecule has 0 saturated carbocycles. The van der Waals surface area contributed by atoms with Gasteiger partial charge in [-0.25, -0.2) is 4.39 Å². The second-order valence-electron chi connectivity index (χ2n) is 7.82. The number of fused-ring (bicyclic) bond motifs is 1. The Morgan fingerprint density at radius 1 is 1.16 bits per heavy atom. The minimum Gasteiger partial charge on any atom is -0.396 e. The summed E-state index contributed by atoms with van der Waals surface area (Å²) in [5.41, 5.74) is -0.489. The Kier molecular flexibility index (Phi) is 6.68. The summed E-state index contributed by atoms with van der Waals surface area (Å²) in [6, 6.07) is 7.37. The molecule has 1 aromatic heterocycles. The van der Waals surface area contributed by atoms with Crippen LogP contribution in [0.4, 0.5) is 23.2 Å². The number of pyridine rings is 1. The van der Waals surface area contributed by atoms with Gasteiger partial charge in [0.2, 0.25) is 5.91 Å². The van der Waals surface area contributed by atoms with Gasteiger partial charge in [0.1, 0.15) is 5.82 Å². The van der Waals surface area contributed by atoms with Gasteiger partial charge in [-0.2, -0.15) is 13.2 Å². The molecule has 9 heteroatoms. The van der Waals surface area contributed by atoms with Crippen LogP contribution in [-0.4, -0.2) is 22.2 Å². The van der Waals surface area contributed by atoms with E-state index in [0.717, 1.165) is 6.07 Å². The van der Waals surface area contributed by atoms with E-state index < -0.39 is 23.5 Å². The Morgan fingerprint density at radius 3 is 2.50 bits per heavy atom. The summed E-state index contributed by atoms with van der Waals surface area (Å²) in [5, 5.41) is 12.8. The Labute approximate surface area is 181 Å². The molecule has 0 aliphatic rings. The molecule has 0 unspecified atom stereocenters. The highest BCUT2D eigenvalue weighted by atomic mass is 19.4. The third-order valence-electron chi connectivity index (χ3n) is 5.15. The van der Waals surface area contributed by atoms with Gasteiger partial charge in [0.15, 0.2) is 0 Å². The molecular formula is C23H22F4N2O3. The molecule has 0 saturated heterocycles. The molecule has 32 heavy (non-hydrogen) atoms. The van der Waals surface area contributed by atoms with Crippen molar-refractivity contribution >= 4 is 22.4 Å². The van der Waals surface area contributed by atoms with E-state index in [9.17, 15) is 32.3 Å². The van der Waals surface area contributed by atoms with E-state index in [1.165, 1.54) is 4.57 Å². The Hall–Kier alpha value is -3.20. The van der Waals surface area contributed by atoms with Gasteiger partial charge in [0.25, 0.3) is 5.56 Å². The zero-order chi connectivity index (χ0) is 23.6. The summed E-state index contributed by atoms with van der Waals surface area (Å²) in [6.07, 6.45) is -3.57. The third kappa shape index (κ3) is 4.99. The normalized spacial score (nSPS) is 12.7. The molecule has 2 aromatic carbocycles. The first-order valence-corrected chi connectivity index (χ1v) is 9.90. The molecule has 2 N–H and O–H groups in total. The fourth-order valence-corrected chi connectivity index (χ4v) is 3.45. The number of aliphatic hydroxyl groups is 1. The average molecular weight is 450 g/mol. The van der Waals surface area contributed by atoms with E-state index in [0.29, 0.717) is 40.7 Å². The summed E-state index contributed by atoms with van der Waals surface area (Å²) in [5.74, 6) is -2.11. The highest BCUT2D eigenvalue weighted by Crippen LogP contribution is 2.32. The van der Waals surface area contributed by atoms with Crippen molar-refractivity contribution in [3.8, 4) is 0 Å². The standard InChI is InChI=1S/C23H22F4N2O3/c1-13(12-30)11-29-8-7-16-17(22(29)32)5-3-14(2)21(16)28-20(31)10-15-4-6-18(19(24)9-15)23(25,26)27/h3-9,13,30H,10-12H2,1-2H3,(H,28,31)/t13-/m0/s1. The summed E-state index contributed by atoms with van der Waals surface area (Å²) >= 11 is 0. The number of nitrogens with zero attached hydrogens (tertiary/aromatic N) is 1. The summed E-state index contributed by atoms with van der Waals surface area (Å²) in [4.78, 5) is 25.3. The van der Waals surface area contributed by atoms with Crippen LogP contribution in [0.15, 0.2) is 47.4 Å². The molecular weight excluding hydrogens is 428 g/mol. The lowest BCUT2D eigenvalue weighted by Crippen LogP contribution is -2.24. The second-order valence-corrected chi connectivity index (χ2v) is 7.82. The van der Waals surface area contributed by atoms with Crippen molar-refractivity contribution in [3.05, 3.63) is 75.5 Å². The molecule has 0 radical (unpaired) electrons. The SMILES string of the molecule is Cc1ccc2c(=O)n(C[C@H](C)CO)ccc2c1NC(=O)Cc1ccc(C(F)(F)F)c(F)c1. The lowest BCUT2D eigenvalue weighted by Gasteiger charge is -2.15. The van der Waals surface area contributed by atoms with Crippen LogP contribution >= 0.6 is 0 Å². The number of nitrogens with one attached hydrogen (secondary N) is 1. The molecule has 0 aliphatic heterocycles. The third-order valence-corrected chi connectivity index (χ3v) is 5.15. The lowest BCUT2D eigenvalue weighted by molar-refractivity contribution is -0.140. The molecule has 0 spiro atoms. The maximum atomic E-state index is 13.8. The molecule has 1 heterocycles. The van der Waals surface area contributed by atoms with Crippen molar-refractivity contribution in [1.82, 2.24) is 4.57 Å². The molecule has 1 atom stereocenters. The van der Waals surface area contributed by atoms with Crippen LogP contribution in [-0.2, 0) is 23.9 Å². The van der Waals surface area contributed by atoms with Gasteiger partial charge in [0, 0.05) is 30.1 Å². The van der Waals surface area contributed by atoms with Crippen LogP contribution in [0.5, 0.6) is 0 Å². The van der Waals surface area contributed by atoms with E-state index >= 15 is 0 Å². The van der Waals surface area contributed by atoms with Crippen LogP contribution in [0.1, 0.15) is 23.6 Å². The molecule has 170 valence electrons. The number of rotatable bonds is 6. The first-order valence-electron chi connectivity index (χ1n) is 9.90. The molecule has 0 fully saturated rings. The van der Waals surface area contributed by atoms with E-state index in [-0.39, 0.29) is 30.1 Å². The van der Waals surface area contributed by atoms with Crippen molar-refractivity contribution in [2.45, 2.75) is 33.0 Å². The predicted molar refractivity (Wildman–Crippen MR) is 113 cm³/mol. The number of benzene rings is 2. The van der Waals surface area contributed by atoms with Crippen molar-refractivity contribution < 1.29 is 27.5 Å². The quantitative estimate of drug-likeness (QED) is 0.551. The van der Waals surface area contributed by atoms with E-state index in [2.05, 4.69) is 5.32 Å². The van der Waals surface area contributed by atoms with E-state index in [1.54, 1.807) is 31.3 Å². The number of aromatic nitrogens is 1. The van der Waals surface area contributed by atoms with Gasteiger partial charge in [-0.1, -0.05) is 19.1 Å². The Balaban J connectivity index is 1.87. The van der Waals surface area contributed by atoms with Crippen LogP contribution in [0.2, 0.25) is 0 Å². The molecule has 3 aromatic rings. The minimum atomic E-state index is -4.81. The number of aryl methyl sites for hydroxylation is 1. The number of hydrogen-bond donors (Lipinski definition) is 2. The Morgan fingerprint density at radius 2 is 1.88 bits per heavy atom. The van der Waals surface area contributed by atoms with Gasteiger partial charge in [-0.3, -0.25) is 9.59 Å². The lowest BCUT2D eigenvalue weighted by atomic mass is 10.0. The van der Waals surface area contributed by atoms with Crippen LogP contribution in [0.25, 0.3) is 10.8 Å². The summed E-state index contributed by atoms with van der Waals surface area (Å²) in [7, 11) is 0. The zero-order valence-electron chi connectivity index (χ0n) is 17.5. The molecule has 0 bridgehead atoms. The minimum absolute atomic E-state index is 0.0653. The maximum absolute atomic E-state index is 13.8. The predicted octanol–water partition coefficient (Wildman–Crippen LogP) is 4.28. The molecule has 3 rings (SSSR count). The number of alkyl halides is 3. The summed E-state index contributed by atoms with van der Waals surface area (Å²) in [6.45, 7) is 3.82. The smallest absolute Gasteiger partial charge is 0.396 e. The van der Waals surface area contributed by atoms with Gasteiger partial charge in [-0.05, 0) is 48.2 Å².